The largest absolute Gasteiger partial charge is 0.396 e. The van der Waals surface area contributed by atoms with Crippen LogP contribution in [0.25, 0.3) is 0 Å². The van der Waals surface area contributed by atoms with E-state index < -0.39 is 6.10 Å². The molecule has 1 atom stereocenters. The molecule has 4 heteroatoms. The van der Waals surface area contributed by atoms with E-state index in [-0.39, 0.29) is 24.3 Å². The second-order valence-electron chi connectivity index (χ2n) is 4.29. The van der Waals surface area contributed by atoms with Gasteiger partial charge in [0.25, 0.3) is 0 Å². The molecule has 2 N–H and O–H groups in total. The maximum atomic E-state index is 11.3. The summed E-state index contributed by atoms with van der Waals surface area (Å²) in [6.45, 7) is 1.23. The van der Waals surface area contributed by atoms with Crippen LogP contribution in [0.1, 0.15) is 19.3 Å². The van der Waals surface area contributed by atoms with Gasteiger partial charge in [-0.1, -0.05) is 0 Å². The third-order valence-corrected chi connectivity index (χ3v) is 3.01. The molecule has 4 nitrogen and oxygen atoms in total. The smallest absolute Gasteiger partial charge is 0.225 e. The van der Waals surface area contributed by atoms with Gasteiger partial charge in [-0.2, -0.15) is 0 Å². The molecule has 13 heavy (non-hydrogen) atoms. The predicted octanol–water partition coefficient (Wildman–Crippen LogP) is -0.648. The average molecular weight is 185 g/mol. The molecule has 0 aromatic carbocycles. The van der Waals surface area contributed by atoms with Crippen LogP contribution in [0.15, 0.2) is 0 Å². The van der Waals surface area contributed by atoms with Crippen molar-refractivity contribution in [1.29, 1.82) is 0 Å². The second-order valence-corrected chi connectivity index (χ2v) is 4.29. The van der Waals surface area contributed by atoms with Gasteiger partial charge in [-0.05, 0) is 12.8 Å². The van der Waals surface area contributed by atoms with Crippen LogP contribution >= 0.6 is 0 Å². The summed E-state index contributed by atoms with van der Waals surface area (Å²) in [5.41, 5.74) is -0.0281. The number of aliphatic hydroxyl groups excluding tert-OH is 2. The van der Waals surface area contributed by atoms with Gasteiger partial charge in [-0.3, -0.25) is 4.79 Å². The summed E-state index contributed by atoms with van der Waals surface area (Å²) >= 11 is 0. The topological polar surface area (TPSA) is 60.8 Å². The fourth-order valence-corrected chi connectivity index (χ4v) is 1.85. The van der Waals surface area contributed by atoms with Crippen LogP contribution in [-0.2, 0) is 4.79 Å². The zero-order valence-electron chi connectivity index (χ0n) is 7.57. The van der Waals surface area contributed by atoms with Crippen molar-refractivity contribution in [3.05, 3.63) is 0 Å². The highest BCUT2D eigenvalue weighted by molar-refractivity contribution is 5.79. The van der Waals surface area contributed by atoms with E-state index >= 15 is 0 Å². The van der Waals surface area contributed by atoms with Crippen LogP contribution in [-0.4, -0.2) is 46.8 Å². The molecule has 0 spiro atoms. The molecular formula is C9H15NO3. The molecule has 1 amide bonds. The molecule has 0 radical (unpaired) electrons. The summed E-state index contributed by atoms with van der Waals surface area (Å²) in [7, 11) is 0. The van der Waals surface area contributed by atoms with Crippen molar-refractivity contribution in [3.63, 3.8) is 0 Å². The highest BCUT2D eigenvalue weighted by Crippen LogP contribution is 2.46. The molecule has 74 valence electrons. The van der Waals surface area contributed by atoms with Gasteiger partial charge in [0.15, 0.2) is 0 Å². The number of rotatable bonds is 3. The van der Waals surface area contributed by atoms with Gasteiger partial charge in [-0.25, -0.2) is 0 Å². The van der Waals surface area contributed by atoms with Crippen LogP contribution in [0.2, 0.25) is 0 Å². The van der Waals surface area contributed by atoms with E-state index in [0.717, 1.165) is 12.8 Å². The van der Waals surface area contributed by atoms with Gasteiger partial charge in [0, 0.05) is 18.5 Å². The summed E-state index contributed by atoms with van der Waals surface area (Å²) in [5.74, 6) is 0.0206. The van der Waals surface area contributed by atoms with Crippen LogP contribution in [0.3, 0.4) is 0 Å². The number of carbonyl (C=O) groups excluding carboxylic acids is 1. The number of likely N-dealkylation sites (tertiary alicyclic amines) is 1. The standard InChI is InChI=1S/C9H15NO3/c11-6-9(1-2-9)5-10-4-7(12)3-8(10)13/h7,11-12H,1-6H2. The Morgan fingerprint density at radius 3 is 2.62 bits per heavy atom. The van der Waals surface area contributed by atoms with Crippen LogP contribution < -0.4 is 0 Å². The van der Waals surface area contributed by atoms with Crippen molar-refractivity contribution < 1.29 is 15.0 Å². The highest BCUT2D eigenvalue weighted by atomic mass is 16.3. The van der Waals surface area contributed by atoms with E-state index in [1.807, 2.05) is 0 Å². The van der Waals surface area contributed by atoms with Crippen molar-refractivity contribution in [1.82, 2.24) is 4.90 Å². The van der Waals surface area contributed by atoms with E-state index in [1.54, 1.807) is 4.90 Å². The number of carbonyl (C=O) groups is 1. The molecule has 2 aliphatic rings. The Hall–Kier alpha value is -0.610. The predicted molar refractivity (Wildman–Crippen MR) is 46.0 cm³/mol. The zero-order valence-corrected chi connectivity index (χ0v) is 7.57. The zero-order chi connectivity index (χ0) is 9.47. The van der Waals surface area contributed by atoms with E-state index in [1.165, 1.54) is 0 Å². The minimum absolute atomic E-state index is 0.0206. The fourth-order valence-electron chi connectivity index (χ4n) is 1.85. The van der Waals surface area contributed by atoms with E-state index in [9.17, 15) is 9.90 Å². The molecule has 0 aromatic rings. The van der Waals surface area contributed by atoms with Gasteiger partial charge in [0.05, 0.1) is 19.1 Å². The Labute approximate surface area is 77.2 Å². The lowest BCUT2D eigenvalue weighted by molar-refractivity contribution is -0.128. The lowest BCUT2D eigenvalue weighted by Crippen LogP contribution is -2.33. The van der Waals surface area contributed by atoms with Crippen molar-refractivity contribution in [2.24, 2.45) is 5.41 Å². The Balaban J connectivity index is 1.91. The molecule has 2 rings (SSSR count). The van der Waals surface area contributed by atoms with E-state index in [0.29, 0.717) is 13.1 Å². The molecular weight excluding hydrogens is 170 g/mol. The first kappa shape index (κ1) is 8.97. The average Bonchev–Trinajstić information content (AvgIpc) is 2.77. The SMILES string of the molecule is O=C1CC(O)CN1CC1(CO)CC1. The second kappa shape index (κ2) is 2.96. The lowest BCUT2D eigenvalue weighted by atomic mass is 10.1. The summed E-state index contributed by atoms with van der Waals surface area (Å²) in [6.07, 6.45) is 1.76. The van der Waals surface area contributed by atoms with Crippen LogP contribution in [0.5, 0.6) is 0 Å². The third-order valence-electron chi connectivity index (χ3n) is 3.01. The summed E-state index contributed by atoms with van der Waals surface area (Å²) < 4.78 is 0. The van der Waals surface area contributed by atoms with Crippen LogP contribution in [0.4, 0.5) is 0 Å². The summed E-state index contributed by atoms with van der Waals surface area (Å²) in [4.78, 5) is 13.0. The minimum Gasteiger partial charge on any atom is -0.396 e. The number of amides is 1. The monoisotopic (exact) mass is 185 g/mol. The van der Waals surface area contributed by atoms with Crippen molar-refractivity contribution in [3.8, 4) is 0 Å². The molecule has 1 unspecified atom stereocenters. The first-order valence-electron chi connectivity index (χ1n) is 4.72. The third kappa shape index (κ3) is 1.69. The first-order chi connectivity index (χ1) is 6.15. The normalized spacial score (nSPS) is 31.1. The lowest BCUT2D eigenvalue weighted by Gasteiger charge is -2.21. The summed E-state index contributed by atoms with van der Waals surface area (Å²) in [6, 6.07) is 0. The Morgan fingerprint density at radius 1 is 1.54 bits per heavy atom. The van der Waals surface area contributed by atoms with Crippen molar-refractivity contribution in [2.75, 3.05) is 19.7 Å². The molecule has 1 aliphatic heterocycles. The molecule has 1 saturated heterocycles. The molecule has 1 heterocycles. The van der Waals surface area contributed by atoms with Gasteiger partial charge >= 0.3 is 0 Å². The molecule has 2 fully saturated rings. The van der Waals surface area contributed by atoms with Crippen molar-refractivity contribution >= 4 is 5.91 Å². The molecule has 1 saturated carbocycles. The van der Waals surface area contributed by atoms with E-state index in [2.05, 4.69) is 0 Å². The number of hydrogen-bond donors (Lipinski definition) is 2. The van der Waals surface area contributed by atoms with Gasteiger partial charge in [0.2, 0.25) is 5.91 Å². The van der Waals surface area contributed by atoms with E-state index in [4.69, 9.17) is 5.11 Å². The molecule has 1 aliphatic carbocycles. The minimum atomic E-state index is -0.498. The summed E-state index contributed by atoms with van der Waals surface area (Å²) in [5, 5.41) is 18.3. The van der Waals surface area contributed by atoms with Gasteiger partial charge in [-0.15, -0.1) is 0 Å². The number of aliphatic hydroxyl groups is 2. The fraction of sp³-hybridized carbons (Fsp3) is 0.889. The number of nitrogens with zero attached hydrogens (tertiary/aromatic N) is 1. The maximum absolute atomic E-state index is 11.3. The molecule has 0 aromatic heterocycles. The number of β-amino-alcohol motifs (C(OH)–C–C–N with tert-alkyl or cyclic N) is 1. The maximum Gasteiger partial charge on any atom is 0.225 e. The van der Waals surface area contributed by atoms with Gasteiger partial charge in [0.1, 0.15) is 0 Å². The van der Waals surface area contributed by atoms with Gasteiger partial charge < -0.3 is 15.1 Å². The Kier molecular flexibility index (Phi) is 2.04. The Bertz CT molecular complexity index is 225. The Morgan fingerprint density at radius 2 is 2.23 bits per heavy atom. The first-order valence-corrected chi connectivity index (χ1v) is 4.72. The van der Waals surface area contributed by atoms with Crippen LogP contribution in [0, 0.1) is 5.41 Å². The highest BCUT2D eigenvalue weighted by Gasteiger charge is 2.45. The van der Waals surface area contributed by atoms with Crippen molar-refractivity contribution in [2.45, 2.75) is 25.4 Å². The number of hydrogen-bond acceptors (Lipinski definition) is 3. The quantitative estimate of drug-likeness (QED) is 0.614. The molecule has 0 bridgehead atoms.